The number of nitrogens with one attached hydrogen (secondary N) is 1. The first-order valence-electron chi connectivity index (χ1n) is 11.1. The van der Waals surface area contributed by atoms with Crippen molar-refractivity contribution in [3.8, 4) is 11.3 Å². The molecule has 0 atom stereocenters. The summed E-state index contributed by atoms with van der Waals surface area (Å²) in [4.78, 5) is 17.8. The summed E-state index contributed by atoms with van der Waals surface area (Å²) in [6.45, 7) is 7.17. The fourth-order valence-corrected chi connectivity index (χ4v) is 4.07. The lowest BCUT2D eigenvalue weighted by molar-refractivity contribution is 0.148. The fraction of sp³-hybridized carbons (Fsp3) is 0.333. The van der Waals surface area contributed by atoms with Crippen molar-refractivity contribution in [3.63, 3.8) is 0 Å². The van der Waals surface area contributed by atoms with E-state index in [1.54, 1.807) is 0 Å². The second-order valence-electron chi connectivity index (χ2n) is 8.59. The van der Waals surface area contributed by atoms with Gasteiger partial charge in [-0.2, -0.15) is 5.10 Å². The molecule has 8 nitrogen and oxygen atoms in total. The largest absolute Gasteiger partial charge is 0.309 e. The van der Waals surface area contributed by atoms with Gasteiger partial charge >= 0.3 is 0 Å². The first-order chi connectivity index (χ1) is 16.0. The molecule has 0 radical (unpaired) electrons. The molecule has 0 unspecified atom stereocenters. The molecule has 1 aromatic carbocycles. The zero-order chi connectivity index (χ0) is 22.9. The van der Waals surface area contributed by atoms with Gasteiger partial charge in [-0.15, -0.1) is 0 Å². The molecule has 5 rings (SSSR count). The standard InChI is InChI=1S/C24H27FN8/c1-16-19-12-18(5-6-21(19)30-32(16)3)23-20(25)14-27-24(29-23)28-22-7-4-17(13-26-22)15-33-10-8-31(2)9-11-33/h4-7,12-14H,8-11,15H2,1-3H3,(H,26,27,28,29). The van der Waals surface area contributed by atoms with Crippen molar-refractivity contribution in [2.75, 3.05) is 38.5 Å². The predicted octanol–water partition coefficient (Wildman–Crippen LogP) is 3.36. The van der Waals surface area contributed by atoms with E-state index in [1.807, 2.05) is 49.1 Å². The Morgan fingerprint density at radius 2 is 1.82 bits per heavy atom. The summed E-state index contributed by atoms with van der Waals surface area (Å²) in [6, 6.07) is 9.58. The summed E-state index contributed by atoms with van der Waals surface area (Å²) in [5, 5.41) is 8.52. The molecule has 4 heterocycles. The van der Waals surface area contributed by atoms with Crippen LogP contribution in [0, 0.1) is 12.7 Å². The molecule has 3 aromatic heterocycles. The Labute approximate surface area is 192 Å². The molecule has 1 aliphatic heterocycles. The Hall–Kier alpha value is -3.43. The Morgan fingerprint density at radius 1 is 1.00 bits per heavy atom. The highest BCUT2D eigenvalue weighted by Gasteiger charge is 2.15. The van der Waals surface area contributed by atoms with Crippen LogP contribution in [0.25, 0.3) is 22.2 Å². The van der Waals surface area contributed by atoms with Crippen LogP contribution in [0.5, 0.6) is 0 Å². The Morgan fingerprint density at radius 3 is 2.58 bits per heavy atom. The number of hydrogen-bond acceptors (Lipinski definition) is 7. The fourth-order valence-electron chi connectivity index (χ4n) is 4.07. The maximum Gasteiger partial charge on any atom is 0.229 e. The first kappa shape index (κ1) is 21.4. The number of likely N-dealkylation sites (N-methyl/N-ethyl adjacent to an activating group) is 1. The van der Waals surface area contributed by atoms with Gasteiger partial charge in [0.05, 0.1) is 11.7 Å². The number of pyridine rings is 1. The number of halogens is 1. The summed E-state index contributed by atoms with van der Waals surface area (Å²) in [6.07, 6.45) is 3.05. The lowest BCUT2D eigenvalue weighted by Gasteiger charge is -2.32. The molecular formula is C24H27FN8. The quantitative estimate of drug-likeness (QED) is 0.504. The van der Waals surface area contributed by atoms with E-state index in [0.717, 1.165) is 54.9 Å². The predicted molar refractivity (Wildman–Crippen MR) is 127 cm³/mol. The highest BCUT2D eigenvalue weighted by atomic mass is 19.1. The van der Waals surface area contributed by atoms with Crippen molar-refractivity contribution >= 4 is 22.7 Å². The summed E-state index contributed by atoms with van der Waals surface area (Å²) in [7, 11) is 4.05. The van der Waals surface area contributed by atoms with Crippen LogP contribution in [-0.4, -0.2) is 67.8 Å². The van der Waals surface area contributed by atoms with E-state index in [9.17, 15) is 4.39 Å². The van der Waals surface area contributed by atoms with E-state index in [-0.39, 0.29) is 5.69 Å². The average molecular weight is 447 g/mol. The number of hydrogen-bond donors (Lipinski definition) is 1. The number of fused-ring (bicyclic) bond motifs is 1. The van der Waals surface area contributed by atoms with E-state index < -0.39 is 5.82 Å². The number of aryl methyl sites for hydroxylation is 2. The van der Waals surface area contributed by atoms with Crippen LogP contribution in [0.4, 0.5) is 16.2 Å². The maximum absolute atomic E-state index is 14.6. The monoisotopic (exact) mass is 446 g/mol. The van der Waals surface area contributed by atoms with Crippen molar-refractivity contribution in [1.82, 2.24) is 34.5 Å². The Bertz CT molecular complexity index is 1280. The summed E-state index contributed by atoms with van der Waals surface area (Å²) < 4.78 is 16.4. The topological polar surface area (TPSA) is 75.0 Å². The molecular weight excluding hydrogens is 419 g/mol. The van der Waals surface area contributed by atoms with Crippen molar-refractivity contribution in [2.45, 2.75) is 13.5 Å². The minimum Gasteiger partial charge on any atom is -0.309 e. The lowest BCUT2D eigenvalue weighted by atomic mass is 10.1. The molecule has 1 saturated heterocycles. The smallest absolute Gasteiger partial charge is 0.229 e. The van der Waals surface area contributed by atoms with Gasteiger partial charge in [0.25, 0.3) is 0 Å². The molecule has 0 spiro atoms. The third kappa shape index (κ3) is 4.55. The molecule has 0 aliphatic carbocycles. The van der Waals surface area contributed by atoms with Gasteiger partial charge in [-0.05, 0) is 37.7 Å². The Balaban J connectivity index is 1.33. The first-order valence-corrected chi connectivity index (χ1v) is 11.1. The highest BCUT2D eigenvalue weighted by molar-refractivity contribution is 5.86. The number of piperazine rings is 1. The molecule has 170 valence electrons. The van der Waals surface area contributed by atoms with Gasteiger partial charge in [0, 0.05) is 62.6 Å². The number of nitrogens with zero attached hydrogens (tertiary/aromatic N) is 7. The van der Waals surface area contributed by atoms with Crippen LogP contribution in [0.1, 0.15) is 11.3 Å². The molecule has 0 bridgehead atoms. The maximum atomic E-state index is 14.6. The van der Waals surface area contributed by atoms with Gasteiger partial charge in [-0.1, -0.05) is 12.1 Å². The minimum absolute atomic E-state index is 0.240. The van der Waals surface area contributed by atoms with Gasteiger partial charge in [-0.25, -0.2) is 19.3 Å². The number of benzene rings is 1. The van der Waals surface area contributed by atoms with Crippen LogP contribution in [-0.2, 0) is 13.6 Å². The SMILES string of the molecule is Cc1c2cc(-c3nc(Nc4ccc(CN5CCN(C)CC5)cn4)ncc3F)ccc2nn1C. The van der Waals surface area contributed by atoms with Crippen LogP contribution in [0.3, 0.4) is 0 Å². The van der Waals surface area contributed by atoms with Crippen molar-refractivity contribution in [2.24, 2.45) is 7.05 Å². The Kier molecular flexibility index (Phi) is 5.74. The van der Waals surface area contributed by atoms with Gasteiger partial charge in [0.1, 0.15) is 11.5 Å². The molecule has 33 heavy (non-hydrogen) atoms. The van der Waals surface area contributed by atoms with Crippen LogP contribution in [0.15, 0.2) is 42.7 Å². The van der Waals surface area contributed by atoms with Crippen molar-refractivity contribution in [3.05, 3.63) is 59.8 Å². The average Bonchev–Trinajstić information content (AvgIpc) is 3.11. The normalized spacial score (nSPS) is 15.3. The van der Waals surface area contributed by atoms with Gasteiger partial charge in [0.2, 0.25) is 5.95 Å². The highest BCUT2D eigenvalue weighted by Crippen LogP contribution is 2.27. The third-order valence-electron chi connectivity index (χ3n) is 6.21. The molecule has 1 fully saturated rings. The van der Waals surface area contributed by atoms with Crippen LogP contribution in [0.2, 0.25) is 0 Å². The van der Waals surface area contributed by atoms with Gasteiger partial charge in [-0.3, -0.25) is 9.58 Å². The summed E-state index contributed by atoms with van der Waals surface area (Å²) in [5.41, 5.74) is 3.96. The minimum atomic E-state index is -0.475. The molecule has 4 aromatic rings. The van der Waals surface area contributed by atoms with E-state index >= 15 is 0 Å². The molecule has 0 saturated carbocycles. The second-order valence-corrected chi connectivity index (χ2v) is 8.59. The van der Waals surface area contributed by atoms with Crippen molar-refractivity contribution in [1.29, 1.82) is 0 Å². The van der Waals surface area contributed by atoms with E-state index in [2.05, 4.69) is 48.3 Å². The molecule has 0 amide bonds. The van der Waals surface area contributed by atoms with Gasteiger partial charge < -0.3 is 10.2 Å². The van der Waals surface area contributed by atoms with Crippen LogP contribution >= 0.6 is 0 Å². The summed E-state index contributed by atoms with van der Waals surface area (Å²) >= 11 is 0. The summed E-state index contributed by atoms with van der Waals surface area (Å²) in [5.74, 6) is 0.443. The van der Waals surface area contributed by atoms with Gasteiger partial charge in [0.15, 0.2) is 5.82 Å². The third-order valence-corrected chi connectivity index (χ3v) is 6.21. The molecule has 1 aliphatic rings. The molecule has 1 N–H and O–H groups in total. The lowest BCUT2D eigenvalue weighted by Crippen LogP contribution is -2.43. The van der Waals surface area contributed by atoms with Crippen molar-refractivity contribution < 1.29 is 4.39 Å². The number of rotatable bonds is 5. The number of anilines is 2. The number of aromatic nitrogens is 5. The molecule has 9 heteroatoms. The van der Waals surface area contributed by atoms with Crippen LogP contribution < -0.4 is 5.32 Å². The zero-order valence-corrected chi connectivity index (χ0v) is 19.1. The second kappa shape index (κ2) is 8.84. The zero-order valence-electron chi connectivity index (χ0n) is 19.1. The van der Waals surface area contributed by atoms with E-state index in [0.29, 0.717) is 17.3 Å². The van der Waals surface area contributed by atoms with E-state index in [1.165, 1.54) is 6.20 Å². The van der Waals surface area contributed by atoms with E-state index in [4.69, 9.17) is 0 Å².